The number of hydrogen-bond acceptors (Lipinski definition) is 3. The molecule has 0 amide bonds. The van der Waals surface area contributed by atoms with Crippen molar-refractivity contribution >= 4 is 23.4 Å². The second-order valence-electron chi connectivity index (χ2n) is 3.71. The van der Waals surface area contributed by atoms with E-state index in [0.717, 1.165) is 6.42 Å². The number of alkyl halides is 1. The van der Waals surface area contributed by atoms with E-state index in [1.54, 1.807) is 13.8 Å². The van der Waals surface area contributed by atoms with E-state index >= 15 is 0 Å². The maximum absolute atomic E-state index is 11.7. The Bertz CT molecular complexity index is 252. The molecule has 4 heteroatoms. The van der Waals surface area contributed by atoms with E-state index in [4.69, 9.17) is 16.3 Å². The third-order valence-electron chi connectivity index (χ3n) is 2.77. The highest BCUT2D eigenvalue weighted by Crippen LogP contribution is 2.37. The second kappa shape index (κ2) is 4.30. The molecule has 1 aliphatic carbocycles. The van der Waals surface area contributed by atoms with E-state index in [1.807, 2.05) is 0 Å². The van der Waals surface area contributed by atoms with Crippen LogP contribution in [0.4, 0.5) is 0 Å². The zero-order chi connectivity index (χ0) is 10.8. The Morgan fingerprint density at radius 1 is 1.71 bits per heavy atom. The molecule has 2 unspecified atom stereocenters. The predicted molar refractivity (Wildman–Crippen MR) is 53.2 cm³/mol. The minimum Gasteiger partial charge on any atom is -0.465 e. The second-order valence-corrected chi connectivity index (χ2v) is 4.23. The fourth-order valence-electron chi connectivity index (χ4n) is 1.69. The highest BCUT2D eigenvalue weighted by atomic mass is 35.5. The smallest absolute Gasteiger partial charge is 0.320 e. The third-order valence-corrected chi connectivity index (χ3v) is 3.42. The van der Waals surface area contributed by atoms with E-state index in [0.29, 0.717) is 12.8 Å². The number of hydrogen-bond donors (Lipinski definition) is 0. The van der Waals surface area contributed by atoms with Crippen LogP contribution < -0.4 is 0 Å². The lowest BCUT2D eigenvalue weighted by molar-refractivity contribution is -0.160. The van der Waals surface area contributed by atoms with Gasteiger partial charge in [0, 0.05) is 6.42 Å². The molecule has 1 saturated carbocycles. The number of halogens is 1. The molecular weight excluding hydrogens is 204 g/mol. The molecule has 1 fully saturated rings. The van der Waals surface area contributed by atoms with Crippen molar-refractivity contribution in [3.63, 3.8) is 0 Å². The van der Waals surface area contributed by atoms with Gasteiger partial charge in [0.2, 0.25) is 0 Å². The van der Waals surface area contributed by atoms with Gasteiger partial charge >= 0.3 is 5.97 Å². The van der Waals surface area contributed by atoms with Gasteiger partial charge < -0.3 is 4.74 Å². The van der Waals surface area contributed by atoms with Gasteiger partial charge in [-0.05, 0) is 26.7 Å². The quantitative estimate of drug-likeness (QED) is 0.404. The average Bonchev–Trinajstić information content (AvgIpc) is 2.14. The first-order chi connectivity index (χ1) is 6.53. The lowest BCUT2D eigenvalue weighted by Gasteiger charge is -2.33. The molecule has 0 aromatic rings. The summed E-state index contributed by atoms with van der Waals surface area (Å²) >= 11 is 6.03. The number of carbonyl (C=O) groups excluding carboxylic acids is 2. The standard InChI is InChI=1S/C10H15ClO3/c1-3-14-9(13)10(2)7(11)5-4-6-8(10)12/h7H,3-6H2,1-2H3. The Balaban J connectivity index is 2.86. The van der Waals surface area contributed by atoms with Crippen LogP contribution in [0.1, 0.15) is 33.1 Å². The number of ether oxygens (including phenoxy) is 1. The fraction of sp³-hybridized carbons (Fsp3) is 0.800. The number of rotatable bonds is 2. The maximum Gasteiger partial charge on any atom is 0.320 e. The molecular formula is C10H15ClO3. The van der Waals surface area contributed by atoms with Crippen LogP contribution in [0.3, 0.4) is 0 Å². The van der Waals surface area contributed by atoms with E-state index in [-0.39, 0.29) is 12.4 Å². The zero-order valence-electron chi connectivity index (χ0n) is 8.51. The Morgan fingerprint density at radius 2 is 2.36 bits per heavy atom. The van der Waals surface area contributed by atoms with Gasteiger partial charge in [-0.1, -0.05) is 0 Å². The number of Topliss-reactive ketones (excluding diaryl/α,β-unsaturated/α-hetero) is 1. The van der Waals surface area contributed by atoms with Crippen molar-refractivity contribution in [2.45, 2.75) is 38.5 Å². The lowest BCUT2D eigenvalue weighted by atomic mass is 9.74. The molecule has 2 atom stereocenters. The molecule has 0 heterocycles. The van der Waals surface area contributed by atoms with E-state index in [9.17, 15) is 9.59 Å². The Kier molecular flexibility index (Phi) is 3.53. The van der Waals surface area contributed by atoms with Crippen LogP contribution >= 0.6 is 11.6 Å². The summed E-state index contributed by atoms with van der Waals surface area (Å²) in [6, 6.07) is 0. The van der Waals surface area contributed by atoms with Crippen molar-refractivity contribution in [1.29, 1.82) is 0 Å². The molecule has 0 aliphatic heterocycles. The number of esters is 1. The van der Waals surface area contributed by atoms with Crippen LogP contribution in [0.5, 0.6) is 0 Å². The van der Waals surface area contributed by atoms with Crippen molar-refractivity contribution in [3.8, 4) is 0 Å². The monoisotopic (exact) mass is 218 g/mol. The molecule has 14 heavy (non-hydrogen) atoms. The summed E-state index contributed by atoms with van der Waals surface area (Å²) in [4.78, 5) is 23.3. The molecule has 1 aliphatic rings. The summed E-state index contributed by atoms with van der Waals surface area (Å²) < 4.78 is 4.88. The highest BCUT2D eigenvalue weighted by Gasteiger charge is 2.49. The van der Waals surface area contributed by atoms with Gasteiger partial charge in [0.25, 0.3) is 0 Å². The van der Waals surface area contributed by atoms with Crippen LogP contribution in [-0.2, 0) is 14.3 Å². The van der Waals surface area contributed by atoms with E-state index in [1.165, 1.54) is 0 Å². The maximum atomic E-state index is 11.7. The van der Waals surface area contributed by atoms with Crippen LogP contribution in [0.15, 0.2) is 0 Å². The number of carbonyl (C=O) groups is 2. The molecule has 0 saturated heterocycles. The minimum atomic E-state index is -1.13. The highest BCUT2D eigenvalue weighted by molar-refractivity contribution is 6.26. The van der Waals surface area contributed by atoms with Gasteiger partial charge in [-0.2, -0.15) is 0 Å². The molecule has 1 rings (SSSR count). The average molecular weight is 219 g/mol. The fourth-order valence-corrected chi connectivity index (χ4v) is 2.05. The lowest BCUT2D eigenvalue weighted by Crippen LogP contribution is -2.47. The van der Waals surface area contributed by atoms with Crippen molar-refractivity contribution in [2.75, 3.05) is 6.61 Å². The Labute approximate surface area is 88.8 Å². The van der Waals surface area contributed by atoms with Gasteiger partial charge in [0.1, 0.15) is 5.41 Å². The minimum absolute atomic E-state index is 0.0952. The van der Waals surface area contributed by atoms with Crippen LogP contribution in [0.2, 0.25) is 0 Å². The largest absolute Gasteiger partial charge is 0.465 e. The van der Waals surface area contributed by atoms with Crippen molar-refractivity contribution in [3.05, 3.63) is 0 Å². The summed E-state index contributed by atoms with van der Waals surface area (Å²) in [5.74, 6) is -0.577. The number of ketones is 1. The molecule has 3 nitrogen and oxygen atoms in total. The first-order valence-corrected chi connectivity index (χ1v) is 5.31. The van der Waals surface area contributed by atoms with Crippen molar-refractivity contribution < 1.29 is 14.3 Å². The van der Waals surface area contributed by atoms with Gasteiger partial charge in [0.05, 0.1) is 12.0 Å². The van der Waals surface area contributed by atoms with Crippen molar-refractivity contribution in [1.82, 2.24) is 0 Å². The summed E-state index contributed by atoms with van der Waals surface area (Å²) in [6.07, 6.45) is 1.89. The summed E-state index contributed by atoms with van der Waals surface area (Å²) in [5.41, 5.74) is -1.13. The van der Waals surface area contributed by atoms with Crippen LogP contribution in [-0.4, -0.2) is 23.7 Å². The first-order valence-electron chi connectivity index (χ1n) is 4.88. The van der Waals surface area contributed by atoms with Crippen molar-refractivity contribution in [2.24, 2.45) is 5.41 Å². The molecule has 0 N–H and O–H groups in total. The topological polar surface area (TPSA) is 43.4 Å². The first kappa shape index (κ1) is 11.5. The van der Waals surface area contributed by atoms with Gasteiger partial charge in [-0.15, -0.1) is 11.6 Å². The normalized spacial score (nSPS) is 32.8. The van der Waals surface area contributed by atoms with Crippen LogP contribution in [0.25, 0.3) is 0 Å². The predicted octanol–water partition coefficient (Wildman–Crippen LogP) is 1.92. The Morgan fingerprint density at radius 3 is 2.86 bits per heavy atom. The SMILES string of the molecule is CCOC(=O)C1(C)C(=O)CCCC1Cl. The van der Waals surface area contributed by atoms with E-state index < -0.39 is 16.8 Å². The molecule has 0 aromatic carbocycles. The molecule has 0 radical (unpaired) electrons. The molecule has 0 spiro atoms. The zero-order valence-corrected chi connectivity index (χ0v) is 9.26. The van der Waals surface area contributed by atoms with Gasteiger partial charge in [0.15, 0.2) is 5.78 Å². The summed E-state index contributed by atoms with van der Waals surface area (Å²) in [6.45, 7) is 3.59. The van der Waals surface area contributed by atoms with Gasteiger partial charge in [-0.3, -0.25) is 9.59 Å². The summed E-state index contributed by atoms with van der Waals surface area (Å²) in [7, 11) is 0. The van der Waals surface area contributed by atoms with Gasteiger partial charge in [-0.25, -0.2) is 0 Å². The van der Waals surface area contributed by atoms with E-state index in [2.05, 4.69) is 0 Å². The Hall–Kier alpha value is -0.570. The molecule has 0 bridgehead atoms. The summed E-state index contributed by atoms with van der Waals surface area (Å²) in [5, 5.41) is -0.428. The molecule has 0 aromatic heterocycles. The van der Waals surface area contributed by atoms with Crippen LogP contribution in [0, 0.1) is 5.41 Å². The third kappa shape index (κ3) is 1.78. The molecule has 80 valence electrons.